The Hall–Kier alpha value is -2.50. The molecule has 2 aromatic rings. The van der Waals surface area contributed by atoms with Crippen LogP contribution in [0.1, 0.15) is 24.0 Å². The molecule has 0 amide bonds. The maximum Gasteiger partial charge on any atom is 0.134 e. The summed E-state index contributed by atoms with van der Waals surface area (Å²) < 4.78 is 11.0. The van der Waals surface area contributed by atoms with Crippen molar-refractivity contribution in [3.05, 3.63) is 35.7 Å². The molecule has 25 heavy (non-hydrogen) atoms. The summed E-state index contributed by atoms with van der Waals surface area (Å²) in [5.74, 6) is 3.77. The fourth-order valence-electron chi connectivity index (χ4n) is 3.76. The maximum atomic E-state index is 5.55. The molecular formula is C19H24N4O2. The van der Waals surface area contributed by atoms with Crippen LogP contribution in [-0.4, -0.2) is 43.8 Å². The summed E-state index contributed by atoms with van der Waals surface area (Å²) >= 11 is 0. The number of rotatable bonds is 4. The Bertz CT molecular complexity index is 759. The van der Waals surface area contributed by atoms with Crippen LogP contribution in [0.3, 0.4) is 0 Å². The maximum absolute atomic E-state index is 5.55. The van der Waals surface area contributed by atoms with Crippen LogP contribution in [-0.2, 0) is 13.0 Å². The van der Waals surface area contributed by atoms with Gasteiger partial charge in [0.1, 0.15) is 29.5 Å². The van der Waals surface area contributed by atoms with E-state index in [1.54, 1.807) is 20.5 Å². The Morgan fingerprint density at radius 1 is 0.880 bits per heavy atom. The fraction of sp³-hybridized carbons (Fsp3) is 0.474. The van der Waals surface area contributed by atoms with Crippen LogP contribution in [0.15, 0.2) is 24.5 Å². The van der Waals surface area contributed by atoms with Crippen LogP contribution in [0.2, 0.25) is 0 Å². The summed E-state index contributed by atoms with van der Waals surface area (Å²) in [7, 11) is 3.41. The average Bonchev–Trinajstić information content (AvgIpc) is 3.21. The third-order valence-corrected chi connectivity index (χ3v) is 5.12. The Balaban J connectivity index is 1.61. The third-order valence-electron chi connectivity index (χ3n) is 5.12. The molecule has 6 nitrogen and oxygen atoms in total. The molecule has 1 aromatic heterocycles. The highest BCUT2D eigenvalue weighted by atomic mass is 16.5. The predicted molar refractivity (Wildman–Crippen MR) is 97.8 cm³/mol. The zero-order chi connectivity index (χ0) is 17.2. The van der Waals surface area contributed by atoms with Crippen LogP contribution in [0.4, 0.5) is 11.6 Å². The lowest BCUT2D eigenvalue weighted by atomic mass is 9.98. The first-order valence-electron chi connectivity index (χ1n) is 8.84. The minimum atomic E-state index is 0.805. The van der Waals surface area contributed by atoms with E-state index in [1.165, 1.54) is 24.0 Å². The Morgan fingerprint density at radius 2 is 1.64 bits per heavy atom. The van der Waals surface area contributed by atoms with Crippen molar-refractivity contribution in [2.45, 2.75) is 25.8 Å². The summed E-state index contributed by atoms with van der Waals surface area (Å²) in [5.41, 5.74) is 2.51. The van der Waals surface area contributed by atoms with E-state index >= 15 is 0 Å². The molecule has 2 aliphatic heterocycles. The van der Waals surface area contributed by atoms with Crippen molar-refractivity contribution in [3.8, 4) is 11.5 Å². The molecule has 0 N–H and O–H groups in total. The molecule has 1 aromatic carbocycles. The SMILES string of the molecule is COc1cc2c(c(OC)c1)CCN(c1cc(N3CCCC3)ncn1)C2. The van der Waals surface area contributed by atoms with Crippen LogP contribution in [0.25, 0.3) is 0 Å². The van der Waals surface area contributed by atoms with Crippen molar-refractivity contribution in [3.63, 3.8) is 0 Å². The number of anilines is 2. The van der Waals surface area contributed by atoms with Crippen LogP contribution in [0.5, 0.6) is 11.5 Å². The second-order valence-corrected chi connectivity index (χ2v) is 6.57. The number of aromatic nitrogens is 2. The predicted octanol–water partition coefficient (Wildman–Crippen LogP) is 2.66. The highest BCUT2D eigenvalue weighted by molar-refractivity contribution is 5.55. The molecule has 2 aliphatic rings. The number of benzene rings is 1. The number of ether oxygens (including phenoxy) is 2. The zero-order valence-electron chi connectivity index (χ0n) is 14.9. The van der Waals surface area contributed by atoms with E-state index in [9.17, 15) is 0 Å². The smallest absolute Gasteiger partial charge is 0.134 e. The molecular weight excluding hydrogens is 316 g/mol. The van der Waals surface area contributed by atoms with E-state index < -0.39 is 0 Å². The van der Waals surface area contributed by atoms with Crippen LogP contribution >= 0.6 is 0 Å². The molecule has 1 saturated heterocycles. The molecule has 0 radical (unpaired) electrons. The van der Waals surface area contributed by atoms with E-state index in [0.29, 0.717) is 0 Å². The molecule has 132 valence electrons. The first kappa shape index (κ1) is 16.0. The molecule has 3 heterocycles. The lowest BCUT2D eigenvalue weighted by Crippen LogP contribution is -2.31. The van der Waals surface area contributed by atoms with Crippen molar-refractivity contribution < 1.29 is 9.47 Å². The summed E-state index contributed by atoms with van der Waals surface area (Å²) in [4.78, 5) is 13.6. The van der Waals surface area contributed by atoms with Crippen molar-refractivity contribution >= 4 is 11.6 Å². The van der Waals surface area contributed by atoms with E-state index in [2.05, 4.69) is 31.9 Å². The highest BCUT2D eigenvalue weighted by Crippen LogP contribution is 2.34. The summed E-state index contributed by atoms with van der Waals surface area (Å²) in [6.07, 6.45) is 5.11. The first-order valence-corrected chi connectivity index (χ1v) is 8.84. The fourth-order valence-corrected chi connectivity index (χ4v) is 3.76. The number of fused-ring (bicyclic) bond motifs is 1. The lowest BCUT2D eigenvalue weighted by Gasteiger charge is -2.31. The second kappa shape index (κ2) is 6.78. The quantitative estimate of drug-likeness (QED) is 0.853. The van der Waals surface area contributed by atoms with Crippen molar-refractivity contribution in [1.82, 2.24) is 9.97 Å². The van der Waals surface area contributed by atoms with Crippen LogP contribution < -0.4 is 19.3 Å². The number of hydrogen-bond donors (Lipinski definition) is 0. The minimum Gasteiger partial charge on any atom is -0.497 e. The second-order valence-electron chi connectivity index (χ2n) is 6.57. The van der Waals surface area contributed by atoms with Gasteiger partial charge in [0, 0.05) is 43.9 Å². The molecule has 0 atom stereocenters. The number of nitrogens with zero attached hydrogens (tertiary/aromatic N) is 4. The molecule has 0 saturated carbocycles. The van der Waals surface area contributed by atoms with Gasteiger partial charge in [-0.05, 0) is 30.9 Å². The van der Waals surface area contributed by atoms with Gasteiger partial charge >= 0.3 is 0 Å². The normalized spacial score (nSPS) is 16.7. The largest absolute Gasteiger partial charge is 0.497 e. The molecule has 6 heteroatoms. The Labute approximate surface area is 148 Å². The van der Waals surface area contributed by atoms with E-state index in [0.717, 1.165) is 55.7 Å². The molecule has 0 bridgehead atoms. The van der Waals surface area contributed by atoms with Crippen molar-refractivity contribution in [2.75, 3.05) is 43.7 Å². The molecule has 1 fully saturated rings. The van der Waals surface area contributed by atoms with Gasteiger partial charge in [0.25, 0.3) is 0 Å². The first-order chi connectivity index (χ1) is 12.3. The van der Waals surface area contributed by atoms with E-state index in [1.807, 2.05) is 6.07 Å². The number of methoxy groups -OCH3 is 2. The average molecular weight is 340 g/mol. The van der Waals surface area contributed by atoms with Gasteiger partial charge in [-0.2, -0.15) is 0 Å². The van der Waals surface area contributed by atoms with Gasteiger partial charge in [0.05, 0.1) is 14.2 Å². The van der Waals surface area contributed by atoms with Crippen molar-refractivity contribution in [2.24, 2.45) is 0 Å². The standard InChI is InChI=1S/C19H24N4O2/c1-24-15-9-14-12-23(8-5-16(14)17(10-15)25-2)19-11-18(20-13-21-19)22-6-3-4-7-22/h9-11,13H,3-8,12H2,1-2H3. The third kappa shape index (κ3) is 3.08. The molecule has 0 spiro atoms. The topological polar surface area (TPSA) is 50.7 Å². The van der Waals surface area contributed by atoms with Gasteiger partial charge in [-0.25, -0.2) is 9.97 Å². The Morgan fingerprint density at radius 3 is 2.36 bits per heavy atom. The minimum absolute atomic E-state index is 0.805. The van der Waals surface area contributed by atoms with E-state index in [4.69, 9.17) is 9.47 Å². The number of hydrogen-bond acceptors (Lipinski definition) is 6. The van der Waals surface area contributed by atoms with Gasteiger partial charge in [0.15, 0.2) is 0 Å². The van der Waals surface area contributed by atoms with E-state index in [-0.39, 0.29) is 0 Å². The Kier molecular flexibility index (Phi) is 4.34. The monoisotopic (exact) mass is 340 g/mol. The van der Waals surface area contributed by atoms with Gasteiger partial charge in [-0.1, -0.05) is 0 Å². The molecule has 0 aliphatic carbocycles. The summed E-state index contributed by atoms with van der Waals surface area (Å²) in [5, 5.41) is 0. The van der Waals surface area contributed by atoms with Crippen molar-refractivity contribution in [1.29, 1.82) is 0 Å². The van der Waals surface area contributed by atoms with Crippen LogP contribution in [0, 0.1) is 0 Å². The zero-order valence-corrected chi connectivity index (χ0v) is 14.9. The highest BCUT2D eigenvalue weighted by Gasteiger charge is 2.23. The molecule has 0 unspecified atom stereocenters. The summed E-state index contributed by atoms with van der Waals surface area (Å²) in [6.45, 7) is 3.91. The van der Waals surface area contributed by atoms with Gasteiger partial charge in [0.2, 0.25) is 0 Å². The lowest BCUT2D eigenvalue weighted by molar-refractivity contribution is 0.388. The summed E-state index contributed by atoms with van der Waals surface area (Å²) in [6, 6.07) is 6.19. The molecule has 4 rings (SSSR count). The van der Waals surface area contributed by atoms with Gasteiger partial charge in [-0.15, -0.1) is 0 Å². The van der Waals surface area contributed by atoms with Gasteiger partial charge in [-0.3, -0.25) is 0 Å². The van der Waals surface area contributed by atoms with Gasteiger partial charge < -0.3 is 19.3 Å².